The molecule has 0 radical (unpaired) electrons. The summed E-state index contributed by atoms with van der Waals surface area (Å²) < 4.78 is 13.0. The second-order valence-electron chi connectivity index (χ2n) is 5.36. The number of nitrogens with zero attached hydrogens (tertiary/aromatic N) is 2. The number of amides is 2. The molecule has 0 saturated heterocycles. The van der Waals surface area contributed by atoms with Crippen LogP contribution in [-0.4, -0.2) is 46.1 Å². The number of rotatable bonds is 8. The number of anilines is 1. The summed E-state index contributed by atoms with van der Waals surface area (Å²) in [5.74, 6) is -0.699. The molecular formula is C17H18ClFN4O2S2. The maximum atomic E-state index is 13.0. The predicted molar refractivity (Wildman–Crippen MR) is 108 cm³/mol. The summed E-state index contributed by atoms with van der Waals surface area (Å²) in [6.45, 7) is 0. The van der Waals surface area contributed by atoms with E-state index in [1.165, 1.54) is 42.2 Å². The Hall–Kier alpha value is -1.84. The lowest BCUT2D eigenvalue weighted by atomic mass is 10.2. The van der Waals surface area contributed by atoms with Gasteiger partial charge in [-0.2, -0.15) is 11.8 Å². The SMILES string of the molecule is CSCC[C@@H](NC(=O)c1nc(SC)ncc1Cl)C(=O)Nc1ccc(F)cc1. The van der Waals surface area contributed by atoms with E-state index in [1.54, 1.807) is 18.0 Å². The number of carbonyl (C=O) groups excluding carboxylic acids is 2. The van der Waals surface area contributed by atoms with E-state index in [4.69, 9.17) is 11.6 Å². The number of benzene rings is 1. The molecule has 0 unspecified atom stereocenters. The van der Waals surface area contributed by atoms with Crippen molar-refractivity contribution >= 4 is 52.6 Å². The van der Waals surface area contributed by atoms with E-state index in [0.717, 1.165) is 0 Å². The molecule has 6 nitrogen and oxygen atoms in total. The zero-order valence-corrected chi connectivity index (χ0v) is 17.1. The number of carbonyl (C=O) groups is 2. The van der Waals surface area contributed by atoms with Gasteiger partial charge in [-0.05, 0) is 49.0 Å². The fraction of sp³-hybridized carbons (Fsp3) is 0.294. The number of aromatic nitrogens is 2. The minimum absolute atomic E-state index is 0.0137. The molecular weight excluding hydrogens is 411 g/mol. The van der Waals surface area contributed by atoms with Crippen LogP contribution in [0.1, 0.15) is 16.9 Å². The molecule has 1 aromatic heterocycles. The molecule has 2 rings (SSSR count). The molecule has 1 atom stereocenters. The first-order chi connectivity index (χ1) is 12.9. The van der Waals surface area contributed by atoms with Crippen molar-refractivity contribution in [1.29, 1.82) is 0 Å². The zero-order valence-electron chi connectivity index (χ0n) is 14.7. The Labute approximate surface area is 170 Å². The highest BCUT2D eigenvalue weighted by Crippen LogP contribution is 2.17. The van der Waals surface area contributed by atoms with Crippen LogP contribution < -0.4 is 10.6 Å². The van der Waals surface area contributed by atoms with E-state index >= 15 is 0 Å². The van der Waals surface area contributed by atoms with E-state index < -0.39 is 23.7 Å². The number of nitrogens with one attached hydrogen (secondary N) is 2. The fourth-order valence-electron chi connectivity index (χ4n) is 2.10. The molecule has 0 aliphatic rings. The highest BCUT2D eigenvalue weighted by molar-refractivity contribution is 7.98. The molecule has 0 aliphatic carbocycles. The highest BCUT2D eigenvalue weighted by Gasteiger charge is 2.23. The molecule has 1 heterocycles. The second-order valence-corrected chi connectivity index (χ2v) is 7.52. The van der Waals surface area contributed by atoms with Crippen LogP contribution in [0.25, 0.3) is 0 Å². The van der Waals surface area contributed by atoms with Crippen LogP contribution in [-0.2, 0) is 4.79 Å². The van der Waals surface area contributed by atoms with E-state index in [1.807, 2.05) is 6.26 Å². The first-order valence-electron chi connectivity index (χ1n) is 7.87. The Balaban J connectivity index is 2.14. The molecule has 2 amide bonds. The summed E-state index contributed by atoms with van der Waals surface area (Å²) in [6, 6.07) is 4.60. The van der Waals surface area contributed by atoms with Crippen LogP contribution in [0.5, 0.6) is 0 Å². The van der Waals surface area contributed by atoms with Gasteiger partial charge in [0.15, 0.2) is 10.9 Å². The van der Waals surface area contributed by atoms with Gasteiger partial charge in [0.05, 0.1) is 11.2 Å². The molecule has 0 bridgehead atoms. The molecule has 0 saturated carbocycles. The lowest BCUT2D eigenvalue weighted by molar-refractivity contribution is -0.118. The topological polar surface area (TPSA) is 84.0 Å². The van der Waals surface area contributed by atoms with Gasteiger partial charge >= 0.3 is 0 Å². The molecule has 27 heavy (non-hydrogen) atoms. The van der Waals surface area contributed by atoms with Crippen molar-refractivity contribution in [3.05, 3.63) is 47.0 Å². The molecule has 0 aliphatic heterocycles. The minimum atomic E-state index is -0.793. The number of hydrogen-bond acceptors (Lipinski definition) is 6. The second kappa shape index (κ2) is 10.5. The average Bonchev–Trinajstić information content (AvgIpc) is 2.67. The van der Waals surface area contributed by atoms with Gasteiger partial charge in [0.1, 0.15) is 11.9 Å². The Morgan fingerprint density at radius 3 is 2.59 bits per heavy atom. The molecule has 1 aromatic carbocycles. The fourth-order valence-corrected chi connectivity index (χ4v) is 3.09. The largest absolute Gasteiger partial charge is 0.339 e. The van der Waals surface area contributed by atoms with Crippen LogP contribution in [0.3, 0.4) is 0 Å². The third-order valence-electron chi connectivity index (χ3n) is 3.46. The van der Waals surface area contributed by atoms with E-state index in [-0.39, 0.29) is 10.7 Å². The lowest BCUT2D eigenvalue weighted by Gasteiger charge is -2.18. The van der Waals surface area contributed by atoms with E-state index in [0.29, 0.717) is 23.0 Å². The summed E-state index contributed by atoms with van der Waals surface area (Å²) in [6.07, 6.45) is 5.45. The third-order valence-corrected chi connectivity index (χ3v) is 4.95. The summed E-state index contributed by atoms with van der Waals surface area (Å²) in [7, 11) is 0. The zero-order chi connectivity index (χ0) is 19.8. The highest BCUT2D eigenvalue weighted by atomic mass is 35.5. The lowest BCUT2D eigenvalue weighted by Crippen LogP contribution is -2.44. The van der Waals surface area contributed by atoms with Gasteiger partial charge < -0.3 is 10.6 Å². The third kappa shape index (κ3) is 6.37. The normalized spacial score (nSPS) is 11.7. The Bertz CT molecular complexity index is 808. The van der Waals surface area contributed by atoms with Crippen LogP contribution in [0.4, 0.5) is 10.1 Å². The standard InChI is InChI=1S/C17H18ClFN4O2S2/c1-26-8-7-13(15(24)21-11-5-3-10(19)4-6-11)22-16(25)14-12(18)9-20-17(23-14)27-2/h3-6,9,13H,7-8H2,1-2H3,(H,21,24)(H,22,25)/t13-/m1/s1. The number of hydrogen-bond donors (Lipinski definition) is 2. The van der Waals surface area contributed by atoms with Gasteiger partial charge in [-0.1, -0.05) is 23.4 Å². The van der Waals surface area contributed by atoms with Crippen molar-refractivity contribution in [3.63, 3.8) is 0 Å². The van der Waals surface area contributed by atoms with Crippen LogP contribution in [0.2, 0.25) is 5.02 Å². The van der Waals surface area contributed by atoms with Crippen molar-refractivity contribution < 1.29 is 14.0 Å². The van der Waals surface area contributed by atoms with Crippen molar-refractivity contribution in [2.45, 2.75) is 17.6 Å². The molecule has 10 heteroatoms. The predicted octanol–water partition coefficient (Wildman–Crippen LogP) is 3.48. The van der Waals surface area contributed by atoms with Crippen LogP contribution >= 0.6 is 35.1 Å². The summed E-state index contributed by atoms with van der Waals surface area (Å²) in [5.41, 5.74) is 0.453. The van der Waals surface area contributed by atoms with Gasteiger partial charge in [0.25, 0.3) is 5.91 Å². The van der Waals surface area contributed by atoms with Crippen LogP contribution in [0.15, 0.2) is 35.6 Å². The van der Waals surface area contributed by atoms with E-state index in [2.05, 4.69) is 20.6 Å². The average molecular weight is 429 g/mol. The summed E-state index contributed by atoms with van der Waals surface area (Å²) >= 11 is 8.85. The van der Waals surface area contributed by atoms with Crippen molar-refractivity contribution in [2.24, 2.45) is 0 Å². The van der Waals surface area contributed by atoms with Crippen molar-refractivity contribution in [3.8, 4) is 0 Å². The monoisotopic (exact) mass is 428 g/mol. The summed E-state index contributed by atoms with van der Waals surface area (Å²) in [4.78, 5) is 33.3. The number of thioether (sulfide) groups is 2. The maximum absolute atomic E-state index is 13.0. The molecule has 0 fully saturated rings. The Kier molecular flexibility index (Phi) is 8.33. The maximum Gasteiger partial charge on any atom is 0.272 e. The van der Waals surface area contributed by atoms with Crippen molar-refractivity contribution in [2.75, 3.05) is 23.6 Å². The Morgan fingerprint density at radius 1 is 1.26 bits per heavy atom. The van der Waals surface area contributed by atoms with Crippen LogP contribution in [0, 0.1) is 5.82 Å². The van der Waals surface area contributed by atoms with Gasteiger partial charge in [-0.3, -0.25) is 9.59 Å². The smallest absolute Gasteiger partial charge is 0.272 e. The summed E-state index contributed by atoms with van der Waals surface area (Å²) in [5, 5.41) is 5.85. The molecule has 2 N–H and O–H groups in total. The van der Waals surface area contributed by atoms with Gasteiger partial charge in [0, 0.05) is 5.69 Å². The molecule has 0 spiro atoms. The molecule has 144 valence electrons. The minimum Gasteiger partial charge on any atom is -0.339 e. The van der Waals surface area contributed by atoms with E-state index in [9.17, 15) is 14.0 Å². The first kappa shape index (κ1) is 21.5. The van der Waals surface area contributed by atoms with Gasteiger partial charge in [-0.25, -0.2) is 14.4 Å². The van der Waals surface area contributed by atoms with Gasteiger partial charge in [-0.15, -0.1) is 0 Å². The number of halogens is 2. The Morgan fingerprint density at radius 2 is 1.96 bits per heavy atom. The first-order valence-corrected chi connectivity index (χ1v) is 10.9. The van der Waals surface area contributed by atoms with Crippen molar-refractivity contribution in [1.82, 2.24) is 15.3 Å². The van der Waals surface area contributed by atoms with Gasteiger partial charge in [0.2, 0.25) is 5.91 Å². The molecule has 2 aromatic rings. The quantitative estimate of drug-likeness (QED) is 0.494.